The first kappa shape index (κ1) is 42.2. The smallest absolute Gasteiger partial charge is 0.187 e. The lowest BCUT2D eigenvalue weighted by atomic mass is 9.35. The Hall–Kier alpha value is -0.470. The van der Waals surface area contributed by atoms with Crippen molar-refractivity contribution in [1.29, 1.82) is 0 Å². The zero-order valence-corrected chi connectivity index (χ0v) is 34.7. The highest BCUT2D eigenvalue weighted by molar-refractivity contribution is 7.88. The number of allylic oxidation sites excluding steroid dienone is 1. The largest absolute Gasteiger partial charge is 0.389 e. The zero-order chi connectivity index (χ0) is 40.4. The highest BCUT2D eigenvalue weighted by Crippen LogP contribution is 2.80. The van der Waals surface area contributed by atoms with Gasteiger partial charge in [0.05, 0.1) is 38.1 Å². The summed E-state index contributed by atoms with van der Waals surface area (Å²) in [6.07, 6.45) is -4.21. The Morgan fingerprint density at radius 3 is 2.29 bits per heavy atom. The van der Waals surface area contributed by atoms with Crippen LogP contribution in [-0.2, 0) is 32.6 Å². The van der Waals surface area contributed by atoms with Crippen molar-refractivity contribution in [1.82, 2.24) is 0 Å². The molecule has 4 saturated heterocycles. The number of hydrogen-bond acceptors (Lipinski definition) is 15. The zero-order valence-electron chi connectivity index (χ0n) is 33.9. The van der Waals surface area contributed by atoms with Crippen molar-refractivity contribution in [3.8, 4) is 0 Å². The predicted molar refractivity (Wildman–Crippen MR) is 201 cm³/mol. The fourth-order valence-corrected chi connectivity index (χ4v) is 14.6. The Balaban J connectivity index is 0.980. The van der Waals surface area contributed by atoms with Crippen LogP contribution in [0.15, 0.2) is 11.6 Å². The minimum Gasteiger partial charge on any atom is -0.389 e. The van der Waals surface area contributed by atoms with Crippen molar-refractivity contribution in [2.75, 3.05) is 26.4 Å². The molecule has 56 heavy (non-hydrogen) atoms. The van der Waals surface area contributed by atoms with Gasteiger partial charge in [0.25, 0.3) is 0 Å². The maximum Gasteiger partial charge on any atom is 0.187 e. The van der Waals surface area contributed by atoms with Gasteiger partial charge in [-0.1, -0.05) is 39.3 Å². The quantitative estimate of drug-likeness (QED) is 0.107. The molecule has 0 amide bonds. The van der Waals surface area contributed by atoms with Gasteiger partial charge in [-0.25, -0.2) is 0 Å². The average molecular weight is 815 g/mol. The van der Waals surface area contributed by atoms with E-state index in [1.54, 1.807) is 0 Å². The molecule has 15 heteroatoms. The van der Waals surface area contributed by atoms with E-state index in [0.29, 0.717) is 31.0 Å². The molecule has 8 rings (SSSR count). The first-order valence-corrected chi connectivity index (χ1v) is 21.5. The van der Waals surface area contributed by atoms with E-state index in [2.05, 4.69) is 47.6 Å². The Bertz CT molecular complexity index is 1490. The maximum absolute atomic E-state index is 12.3. The molecule has 4 heterocycles. The standard InChI is InChI=1S/C41H66O14S/c1-20(2)14-21-15-50-41-18-40(19-51-41)22(33(41)39(21,7)47)8-9-26-37(5)12-11-27(36(3,4)25(37)10-13-38(26,40)6)54-34-31(46)32(23(42)16-49-34)55-35-30(45)29(44)28(43)24(53-35)17-52-56-48/h14,21-35,42-48H,8-13,15-19H2,1-7H3/t21-,22?,23-,24?,25?,26?,27-,28-,29-,30?,31?,32-,33?,34-,35-,37-,38+,39?,40-,41+/m0/s1. The van der Waals surface area contributed by atoms with Crippen molar-refractivity contribution in [2.24, 2.45) is 51.2 Å². The third-order valence-electron chi connectivity index (χ3n) is 17.0. The van der Waals surface area contributed by atoms with Crippen molar-refractivity contribution >= 4 is 12.3 Å². The predicted octanol–water partition coefficient (Wildman–Crippen LogP) is 3.15. The minimum absolute atomic E-state index is 0.00194. The number of hydrogen-bond donors (Lipinski definition) is 7. The Labute approximate surface area is 334 Å². The second kappa shape index (κ2) is 14.6. The van der Waals surface area contributed by atoms with Crippen LogP contribution in [0.3, 0.4) is 0 Å². The third-order valence-corrected chi connectivity index (χ3v) is 17.2. The van der Waals surface area contributed by atoms with Crippen LogP contribution < -0.4 is 0 Å². The number of ether oxygens (including phenoxy) is 6. The van der Waals surface area contributed by atoms with Gasteiger partial charge >= 0.3 is 0 Å². The lowest BCUT2D eigenvalue weighted by Crippen LogP contribution is -2.68. The molecular formula is C41H66O14S. The lowest BCUT2D eigenvalue weighted by Gasteiger charge is -2.70. The first-order valence-electron chi connectivity index (χ1n) is 20.8. The van der Waals surface area contributed by atoms with Crippen LogP contribution in [0, 0.1) is 51.2 Å². The first-order chi connectivity index (χ1) is 26.3. The second-order valence-corrected chi connectivity index (χ2v) is 20.7. The van der Waals surface area contributed by atoms with Crippen LogP contribution in [0.2, 0.25) is 0 Å². The monoisotopic (exact) mass is 814 g/mol. The molecule has 14 nitrogen and oxygen atoms in total. The van der Waals surface area contributed by atoms with E-state index in [9.17, 15) is 30.6 Å². The lowest BCUT2D eigenvalue weighted by molar-refractivity contribution is -0.357. The molecule has 0 radical (unpaired) electrons. The molecule has 0 aromatic rings. The number of aliphatic hydroxyl groups is 6. The summed E-state index contributed by atoms with van der Waals surface area (Å²) in [7, 11) is 0. The third kappa shape index (κ3) is 6.11. The Kier molecular flexibility index (Phi) is 11.0. The maximum atomic E-state index is 12.3. The van der Waals surface area contributed by atoms with Crippen LogP contribution in [0.5, 0.6) is 0 Å². The van der Waals surface area contributed by atoms with Crippen LogP contribution in [0.1, 0.15) is 93.4 Å². The van der Waals surface area contributed by atoms with Gasteiger partial charge in [0.15, 0.2) is 30.7 Å². The highest BCUT2D eigenvalue weighted by Gasteiger charge is 2.81. The molecule has 7 N–H and O–H groups in total. The summed E-state index contributed by atoms with van der Waals surface area (Å²) in [5.74, 6) is 0.168. The van der Waals surface area contributed by atoms with Gasteiger partial charge < -0.3 is 63.6 Å². The van der Waals surface area contributed by atoms with Crippen molar-refractivity contribution in [3.05, 3.63) is 11.6 Å². The van der Waals surface area contributed by atoms with E-state index in [4.69, 9.17) is 37.2 Å². The summed E-state index contributed by atoms with van der Waals surface area (Å²) in [4.78, 5) is 0. The Morgan fingerprint density at radius 1 is 0.821 bits per heavy atom. The number of rotatable bonds is 8. The topological polar surface area (TPSA) is 206 Å². The van der Waals surface area contributed by atoms with Gasteiger partial charge in [0.2, 0.25) is 0 Å². The summed E-state index contributed by atoms with van der Waals surface area (Å²) in [5, 5.41) is 66.3. The van der Waals surface area contributed by atoms with E-state index < -0.39 is 66.7 Å². The highest BCUT2D eigenvalue weighted by atomic mass is 32.2. The van der Waals surface area contributed by atoms with Gasteiger partial charge in [0, 0.05) is 23.7 Å². The summed E-state index contributed by atoms with van der Waals surface area (Å²) < 4.78 is 51.5. The molecule has 0 aromatic heterocycles. The number of aliphatic hydroxyl groups excluding tert-OH is 5. The van der Waals surface area contributed by atoms with Gasteiger partial charge in [-0.3, -0.25) is 4.18 Å². The van der Waals surface area contributed by atoms with Crippen molar-refractivity contribution in [2.45, 2.75) is 166 Å². The second-order valence-electron chi connectivity index (χ2n) is 20.3. The van der Waals surface area contributed by atoms with Gasteiger partial charge in [-0.05, 0) is 93.3 Å². The van der Waals surface area contributed by atoms with Gasteiger partial charge in [0.1, 0.15) is 42.7 Å². The molecule has 4 aliphatic heterocycles. The molecule has 8 unspecified atom stereocenters. The van der Waals surface area contributed by atoms with E-state index >= 15 is 0 Å². The fourth-order valence-electron chi connectivity index (χ4n) is 14.4. The normalized spacial score (nSPS) is 56.1. The van der Waals surface area contributed by atoms with Gasteiger partial charge in [-0.15, -0.1) is 0 Å². The molecule has 320 valence electrons. The van der Waals surface area contributed by atoms with Crippen LogP contribution >= 0.6 is 12.3 Å². The number of fused-ring (bicyclic) bond motifs is 4. The van der Waals surface area contributed by atoms with E-state index in [0.717, 1.165) is 44.9 Å². The summed E-state index contributed by atoms with van der Waals surface area (Å²) in [6, 6.07) is 0. The molecular weight excluding hydrogens is 749 g/mol. The van der Waals surface area contributed by atoms with Crippen LogP contribution in [0.4, 0.5) is 0 Å². The molecule has 4 aliphatic carbocycles. The SMILES string of the molecule is CC(C)=C[C@H]1CO[C@]23C[C@]4(CO2)C(CCC2[C@@]5(C)CC[C@H](O[C@@H]6OC[C@H](O)[C@H](O[C@@H]7OC(COSO)[C@H](O)[C@H](O)C7O)C6O)C(C)(C)C5CC[C@]24C)C3C1(C)O. The van der Waals surface area contributed by atoms with E-state index in [1.807, 2.05) is 6.92 Å². The Morgan fingerprint density at radius 2 is 1.57 bits per heavy atom. The minimum atomic E-state index is -1.69. The van der Waals surface area contributed by atoms with Gasteiger partial charge in [-0.2, -0.15) is 0 Å². The summed E-state index contributed by atoms with van der Waals surface area (Å²) in [6.45, 7) is 16.3. The van der Waals surface area contributed by atoms with E-state index in [-0.39, 0.29) is 65.1 Å². The van der Waals surface area contributed by atoms with E-state index in [1.165, 1.54) is 5.57 Å². The van der Waals surface area contributed by atoms with Crippen LogP contribution in [-0.4, -0.2) is 134 Å². The fraction of sp³-hybridized carbons (Fsp3) is 0.951. The van der Waals surface area contributed by atoms with Crippen LogP contribution in [0.25, 0.3) is 0 Å². The van der Waals surface area contributed by atoms with Crippen molar-refractivity contribution in [3.63, 3.8) is 0 Å². The molecule has 8 aliphatic rings. The molecule has 2 spiro atoms. The summed E-state index contributed by atoms with van der Waals surface area (Å²) in [5.41, 5.74) is -0.127. The molecule has 20 atom stereocenters. The summed E-state index contributed by atoms with van der Waals surface area (Å²) >= 11 is 0.0675. The molecule has 2 bridgehead atoms. The molecule has 4 saturated carbocycles. The average Bonchev–Trinajstić information content (AvgIpc) is 3.67. The molecule has 0 aromatic carbocycles. The van der Waals surface area contributed by atoms with Crippen molar-refractivity contribution < 1.29 is 67.8 Å². The molecule has 8 fully saturated rings.